The summed E-state index contributed by atoms with van der Waals surface area (Å²) in [5.41, 5.74) is 2.97. The van der Waals surface area contributed by atoms with Crippen LogP contribution < -0.4 is 10.6 Å². The topological polar surface area (TPSA) is 113 Å². The minimum absolute atomic E-state index is 0.253. The molecule has 1 aromatic heterocycles. The Labute approximate surface area is 196 Å². The van der Waals surface area contributed by atoms with Gasteiger partial charge in [0.1, 0.15) is 11.7 Å². The first-order valence-corrected chi connectivity index (χ1v) is 11.8. The van der Waals surface area contributed by atoms with Gasteiger partial charge in [-0.15, -0.1) is 0 Å². The minimum atomic E-state index is -1.06. The first-order valence-electron chi connectivity index (χ1n) is 10.4. The van der Waals surface area contributed by atoms with E-state index in [4.69, 9.17) is 0 Å². The van der Waals surface area contributed by atoms with Crippen LogP contribution in [0, 0.1) is 0 Å². The number of benzene rings is 2. The molecule has 0 bridgehead atoms. The van der Waals surface area contributed by atoms with Gasteiger partial charge in [-0.1, -0.05) is 36.4 Å². The average Bonchev–Trinajstić information content (AvgIpc) is 3.26. The fraction of sp³-hybridized carbons (Fsp3) is 0.250. The summed E-state index contributed by atoms with van der Waals surface area (Å²) in [4.78, 5) is 41.0. The molecule has 3 rings (SSSR count). The van der Waals surface area contributed by atoms with E-state index in [0.717, 1.165) is 11.1 Å². The fourth-order valence-corrected chi connectivity index (χ4v) is 3.76. The number of hydrogen-bond acceptors (Lipinski definition) is 5. The van der Waals surface area contributed by atoms with Crippen LogP contribution in [0.1, 0.15) is 32.8 Å². The molecule has 0 saturated heterocycles. The predicted molar refractivity (Wildman–Crippen MR) is 128 cm³/mol. The summed E-state index contributed by atoms with van der Waals surface area (Å²) in [6.45, 7) is 0.253. The van der Waals surface area contributed by atoms with Crippen LogP contribution >= 0.6 is 11.8 Å². The minimum Gasteiger partial charge on any atom is -0.480 e. The summed E-state index contributed by atoms with van der Waals surface area (Å²) in [6.07, 6.45) is 5.41. The van der Waals surface area contributed by atoms with Gasteiger partial charge < -0.3 is 20.3 Å². The largest absolute Gasteiger partial charge is 0.480 e. The van der Waals surface area contributed by atoms with E-state index in [0.29, 0.717) is 29.0 Å². The molecule has 1 atom stereocenters. The van der Waals surface area contributed by atoms with E-state index in [-0.39, 0.29) is 12.5 Å². The number of aryl methyl sites for hydroxylation is 1. The third-order valence-electron chi connectivity index (χ3n) is 5.02. The number of aromatic nitrogens is 2. The molecule has 0 aliphatic carbocycles. The van der Waals surface area contributed by atoms with Gasteiger partial charge in [0, 0.05) is 25.4 Å². The highest BCUT2D eigenvalue weighted by Crippen LogP contribution is 2.25. The van der Waals surface area contributed by atoms with Crippen LogP contribution in [-0.4, -0.2) is 50.5 Å². The Balaban J connectivity index is 1.84. The van der Waals surface area contributed by atoms with Gasteiger partial charge in [0.15, 0.2) is 0 Å². The second kappa shape index (κ2) is 11.3. The molecule has 0 fully saturated rings. The first-order chi connectivity index (χ1) is 15.9. The van der Waals surface area contributed by atoms with E-state index < -0.39 is 17.9 Å². The van der Waals surface area contributed by atoms with Crippen LogP contribution in [0.4, 0.5) is 0 Å². The summed E-state index contributed by atoms with van der Waals surface area (Å²) >= 11 is 1.52. The van der Waals surface area contributed by atoms with Crippen LogP contribution in [0.15, 0.2) is 61.1 Å². The molecule has 3 aromatic rings. The lowest BCUT2D eigenvalue weighted by atomic mass is 9.96. The van der Waals surface area contributed by atoms with E-state index in [9.17, 15) is 19.5 Å². The standard InChI is InChI=1S/C24H26N4O4S/c1-28-14-21(26-15-28)23(30)25-13-16-8-9-18(19(12-16)17-6-4-3-5-7-17)22(29)27-20(24(31)32)10-11-33-2/h3-9,12,14-15,20H,10-11,13H2,1-2H3,(H,25,30)(H,27,29)(H,31,32). The molecule has 1 heterocycles. The lowest BCUT2D eigenvalue weighted by Crippen LogP contribution is -2.41. The molecule has 33 heavy (non-hydrogen) atoms. The number of hydrogen-bond donors (Lipinski definition) is 3. The first kappa shape index (κ1) is 24.1. The smallest absolute Gasteiger partial charge is 0.326 e. The molecule has 0 saturated carbocycles. The van der Waals surface area contributed by atoms with Gasteiger partial charge in [-0.3, -0.25) is 9.59 Å². The van der Waals surface area contributed by atoms with Crippen molar-refractivity contribution in [3.8, 4) is 11.1 Å². The Hall–Kier alpha value is -3.59. The van der Waals surface area contributed by atoms with Gasteiger partial charge in [-0.2, -0.15) is 11.8 Å². The number of nitrogens with one attached hydrogen (secondary N) is 2. The normalized spacial score (nSPS) is 11.6. The molecule has 8 nitrogen and oxygen atoms in total. The van der Waals surface area contributed by atoms with Crippen molar-refractivity contribution in [3.63, 3.8) is 0 Å². The molecule has 3 N–H and O–H groups in total. The van der Waals surface area contributed by atoms with Crippen molar-refractivity contribution < 1.29 is 19.5 Å². The van der Waals surface area contributed by atoms with Gasteiger partial charge in [-0.05, 0) is 47.3 Å². The highest BCUT2D eigenvalue weighted by Gasteiger charge is 2.22. The molecule has 0 aliphatic heterocycles. The SMILES string of the molecule is CSCCC(NC(=O)c1ccc(CNC(=O)c2cn(C)cn2)cc1-c1ccccc1)C(=O)O. The summed E-state index contributed by atoms with van der Waals surface area (Å²) in [5.74, 6) is -1.19. The number of imidazole rings is 1. The quantitative estimate of drug-likeness (QED) is 0.423. The zero-order valence-electron chi connectivity index (χ0n) is 18.4. The Morgan fingerprint density at radius 3 is 2.52 bits per heavy atom. The zero-order valence-corrected chi connectivity index (χ0v) is 19.3. The number of carboxylic acids is 1. The number of carbonyl (C=O) groups excluding carboxylic acids is 2. The van der Waals surface area contributed by atoms with Crippen molar-refractivity contribution in [3.05, 3.63) is 77.9 Å². The van der Waals surface area contributed by atoms with Crippen molar-refractivity contribution in [2.45, 2.75) is 19.0 Å². The van der Waals surface area contributed by atoms with Gasteiger partial charge in [0.2, 0.25) is 0 Å². The van der Waals surface area contributed by atoms with Gasteiger partial charge >= 0.3 is 5.97 Å². The fourth-order valence-electron chi connectivity index (χ4n) is 3.29. The number of nitrogens with zero attached hydrogens (tertiary/aromatic N) is 2. The van der Waals surface area contributed by atoms with Crippen LogP contribution in [0.5, 0.6) is 0 Å². The number of aliphatic carboxylic acids is 1. The molecule has 1 unspecified atom stereocenters. The van der Waals surface area contributed by atoms with Crippen molar-refractivity contribution >= 4 is 29.5 Å². The molecule has 0 radical (unpaired) electrons. The maximum Gasteiger partial charge on any atom is 0.326 e. The number of carboxylic acid groups (broad SMARTS) is 1. The Bertz CT molecular complexity index is 1130. The van der Waals surface area contributed by atoms with Crippen molar-refractivity contribution in [1.82, 2.24) is 20.2 Å². The second-order valence-corrected chi connectivity index (χ2v) is 8.48. The third kappa shape index (κ3) is 6.45. The van der Waals surface area contributed by atoms with Crippen LogP contribution in [-0.2, 0) is 18.4 Å². The van der Waals surface area contributed by atoms with Crippen LogP contribution in [0.25, 0.3) is 11.1 Å². The lowest BCUT2D eigenvalue weighted by molar-refractivity contribution is -0.139. The summed E-state index contributed by atoms with van der Waals surface area (Å²) < 4.78 is 1.69. The second-order valence-electron chi connectivity index (χ2n) is 7.50. The molecule has 2 aromatic carbocycles. The number of thioether (sulfide) groups is 1. The number of rotatable bonds is 10. The summed E-state index contributed by atoms with van der Waals surface area (Å²) in [6, 6.07) is 13.6. The van der Waals surface area contributed by atoms with Crippen LogP contribution in [0.2, 0.25) is 0 Å². The number of amides is 2. The summed E-state index contributed by atoms with van der Waals surface area (Å²) in [5, 5.41) is 14.9. The molecule has 2 amide bonds. The number of carbonyl (C=O) groups is 3. The van der Waals surface area contributed by atoms with E-state index in [1.165, 1.54) is 11.8 Å². The van der Waals surface area contributed by atoms with Gasteiger partial charge in [0.05, 0.1) is 6.33 Å². The molecular formula is C24H26N4O4S. The molecule has 172 valence electrons. The van der Waals surface area contributed by atoms with Gasteiger partial charge in [0.25, 0.3) is 11.8 Å². The molecular weight excluding hydrogens is 440 g/mol. The Kier molecular flexibility index (Phi) is 8.26. The highest BCUT2D eigenvalue weighted by molar-refractivity contribution is 7.98. The zero-order chi connectivity index (χ0) is 23.8. The molecule has 9 heteroatoms. The van der Waals surface area contributed by atoms with Crippen molar-refractivity contribution in [2.24, 2.45) is 7.05 Å². The highest BCUT2D eigenvalue weighted by atomic mass is 32.2. The lowest BCUT2D eigenvalue weighted by Gasteiger charge is -2.17. The van der Waals surface area contributed by atoms with E-state index in [1.807, 2.05) is 42.7 Å². The van der Waals surface area contributed by atoms with Crippen LogP contribution in [0.3, 0.4) is 0 Å². The summed E-state index contributed by atoms with van der Waals surface area (Å²) in [7, 11) is 1.79. The molecule has 0 aliphatic rings. The van der Waals surface area contributed by atoms with Gasteiger partial charge in [-0.25, -0.2) is 9.78 Å². The maximum atomic E-state index is 13.0. The Morgan fingerprint density at radius 1 is 1.12 bits per heavy atom. The maximum absolute atomic E-state index is 13.0. The van der Waals surface area contributed by atoms with E-state index in [1.54, 1.807) is 36.3 Å². The monoisotopic (exact) mass is 466 g/mol. The van der Waals surface area contributed by atoms with E-state index in [2.05, 4.69) is 15.6 Å². The average molecular weight is 467 g/mol. The third-order valence-corrected chi connectivity index (χ3v) is 5.66. The predicted octanol–water partition coefficient (Wildman–Crippen LogP) is 2.95. The van der Waals surface area contributed by atoms with E-state index >= 15 is 0 Å². The molecule has 0 spiro atoms. The van der Waals surface area contributed by atoms with Crippen molar-refractivity contribution in [2.75, 3.05) is 12.0 Å². The van der Waals surface area contributed by atoms with Crippen molar-refractivity contribution in [1.29, 1.82) is 0 Å². The Morgan fingerprint density at radius 2 is 1.88 bits per heavy atom.